The standard InChI is InChI=1S/C11H15NO2.C7H7NO2.C6H7N.3C2H6/c1-11(2,3)14-10(13)12-9-7-5-4-6-8-9;8-6-4-2-1-3-5(6)7(9)10;7-6-4-2-1-3-5-6;3*1-2/h4-8H,1-3H3,(H,12,13);1-4H,8H2,(H,9,10);1-5H,7H2;3*1-2H3. The Hall–Kier alpha value is -4.00. The van der Waals surface area contributed by atoms with Gasteiger partial charge in [0.1, 0.15) is 5.60 Å². The second-order valence-electron chi connectivity index (χ2n) is 7.30. The van der Waals surface area contributed by atoms with Crippen LogP contribution >= 0.6 is 0 Å². The summed E-state index contributed by atoms with van der Waals surface area (Å²) in [4.78, 5) is 21.6. The lowest BCUT2D eigenvalue weighted by atomic mass is 10.2. The number of para-hydroxylation sites is 3. The van der Waals surface area contributed by atoms with Crippen molar-refractivity contribution in [2.24, 2.45) is 0 Å². The second kappa shape index (κ2) is 23.7. The van der Waals surface area contributed by atoms with E-state index in [-0.39, 0.29) is 5.56 Å². The van der Waals surface area contributed by atoms with Crippen molar-refractivity contribution in [2.75, 3.05) is 16.8 Å². The molecule has 0 unspecified atom stereocenters. The number of nitrogens with one attached hydrogen (secondary N) is 1. The van der Waals surface area contributed by atoms with Crippen LogP contribution in [0.4, 0.5) is 21.9 Å². The molecule has 6 N–H and O–H groups in total. The molecule has 7 heteroatoms. The van der Waals surface area contributed by atoms with Gasteiger partial charge < -0.3 is 21.3 Å². The fourth-order valence-corrected chi connectivity index (χ4v) is 2.09. The highest BCUT2D eigenvalue weighted by molar-refractivity contribution is 5.93. The maximum Gasteiger partial charge on any atom is 0.412 e. The Kier molecular flexibility index (Phi) is 24.1. The summed E-state index contributed by atoms with van der Waals surface area (Å²) in [7, 11) is 0. The van der Waals surface area contributed by atoms with Gasteiger partial charge in [-0.15, -0.1) is 0 Å². The van der Waals surface area contributed by atoms with E-state index in [1.54, 1.807) is 18.2 Å². The molecule has 0 atom stereocenters. The minimum Gasteiger partial charge on any atom is -0.478 e. The molecule has 7 nitrogen and oxygen atoms in total. The Balaban J connectivity index is -0.000000441. The number of carboxylic acids is 1. The van der Waals surface area contributed by atoms with Crippen molar-refractivity contribution in [2.45, 2.75) is 67.9 Å². The van der Waals surface area contributed by atoms with Crippen LogP contribution in [0.2, 0.25) is 0 Å². The third kappa shape index (κ3) is 22.2. The number of hydrogen-bond donors (Lipinski definition) is 4. The number of ether oxygens (including phenoxy) is 1. The van der Waals surface area contributed by atoms with E-state index in [9.17, 15) is 9.59 Å². The van der Waals surface area contributed by atoms with E-state index in [2.05, 4.69) is 5.32 Å². The van der Waals surface area contributed by atoms with Crippen molar-refractivity contribution in [3.63, 3.8) is 0 Å². The number of anilines is 3. The smallest absolute Gasteiger partial charge is 0.412 e. The fourth-order valence-electron chi connectivity index (χ4n) is 2.09. The van der Waals surface area contributed by atoms with Crippen LogP contribution in [-0.2, 0) is 4.74 Å². The normalized spacial score (nSPS) is 8.68. The van der Waals surface area contributed by atoms with Gasteiger partial charge in [0.05, 0.1) is 5.56 Å². The molecule has 0 radical (unpaired) electrons. The monoisotopic (exact) mass is 513 g/mol. The number of aromatic carboxylic acids is 1. The summed E-state index contributed by atoms with van der Waals surface area (Å²) < 4.78 is 5.09. The van der Waals surface area contributed by atoms with Gasteiger partial charge in [-0.25, -0.2) is 9.59 Å². The highest BCUT2D eigenvalue weighted by atomic mass is 16.6. The Morgan fingerprint density at radius 3 is 1.43 bits per heavy atom. The maximum atomic E-state index is 11.3. The van der Waals surface area contributed by atoms with E-state index >= 15 is 0 Å². The number of amides is 1. The zero-order chi connectivity index (χ0) is 29.3. The molecule has 0 fully saturated rings. The van der Waals surface area contributed by atoms with Gasteiger partial charge in [0.25, 0.3) is 0 Å². The highest BCUT2D eigenvalue weighted by Crippen LogP contribution is 2.11. The summed E-state index contributed by atoms with van der Waals surface area (Å²) in [5.74, 6) is -0.988. The highest BCUT2D eigenvalue weighted by Gasteiger charge is 2.15. The fraction of sp³-hybridized carbons (Fsp3) is 0.333. The van der Waals surface area contributed by atoms with E-state index < -0.39 is 17.7 Å². The number of nitrogens with two attached hydrogens (primary N) is 2. The SMILES string of the molecule is CC.CC.CC.CC(C)(C)OC(=O)Nc1ccccc1.Nc1ccccc1.Nc1ccccc1C(=O)O. The summed E-state index contributed by atoms with van der Waals surface area (Å²) in [6, 6.07) is 25.1. The first-order valence-electron chi connectivity index (χ1n) is 12.5. The lowest BCUT2D eigenvalue weighted by Crippen LogP contribution is -2.27. The molecule has 3 aromatic carbocycles. The quantitative estimate of drug-likeness (QED) is 0.255. The van der Waals surface area contributed by atoms with Crippen LogP contribution in [0.1, 0.15) is 72.7 Å². The predicted octanol–water partition coefficient (Wildman–Crippen LogP) is 8.35. The first kappa shape index (κ1) is 37.5. The molecule has 3 aromatic rings. The molecule has 0 aliphatic heterocycles. The molecule has 0 aliphatic rings. The summed E-state index contributed by atoms with van der Waals surface area (Å²) in [6.07, 6.45) is -0.427. The van der Waals surface area contributed by atoms with Gasteiger partial charge in [0.15, 0.2) is 0 Å². The van der Waals surface area contributed by atoms with Gasteiger partial charge in [-0.1, -0.05) is 90.1 Å². The Labute approximate surface area is 223 Å². The number of benzene rings is 3. The number of hydrogen-bond acceptors (Lipinski definition) is 5. The van der Waals surface area contributed by atoms with Gasteiger partial charge in [-0.3, -0.25) is 5.32 Å². The number of carbonyl (C=O) groups is 2. The Bertz CT molecular complexity index is 942. The number of nitrogen functional groups attached to an aromatic ring is 2. The molecule has 1 amide bonds. The van der Waals surface area contributed by atoms with Crippen molar-refractivity contribution < 1.29 is 19.4 Å². The first-order valence-corrected chi connectivity index (χ1v) is 12.5. The molecule has 206 valence electrons. The third-order valence-corrected chi connectivity index (χ3v) is 3.41. The van der Waals surface area contributed by atoms with Gasteiger partial charge >= 0.3 is 12.1 Å². The number of carbonyl (C=O) groups excluding carboxylic acids is 1. The Morgan fingerprint density at radius 1 is 0.703 bits per heavy atom. The van der Waals surface area contributed by atoms with Crippen molar-refractivity contribution in [3.05, 3.63) is 90.5 Å². The molecular formula is C30H47N3O4. The third-order valence-electron chi connectivity index (χ3n) is 3.41. The van der Waals surface area contributed by atoms with E-state index in [4.69, 9.17) is 21.3 Å². The van der Waals surface area contributed by atoms with Crippen molar-refractivity contribution >= 4 is 29.1 Å². The van der Waals surface area contributed by atoms with Crippen LogP contribution in [0.25, 0.3) is 0 Å². The van der Waals surface area contributed by atoms with Crippen LogP contribution in [0, 0.1) is 0 Å². The lowest BCUT2D eigenvalue weighted by Gasteiger charge is -2.19. The zero-order valence-corrected chi connectivity index (χ0v) is 23.9. The van der Waals surface area contributed by atoms with E-state index in [0.29, 0.717) is 5.69 Å². The largest absolute Gasteiger partial charge is 0.478 e. The zero-order valence-electron chi connectivity index (χ0n) is 23.9. The maximum absolute atomic E-state index is 11.3. The van der Waals surface area contributed by atoms with Gasteiger partial charge in [0, 0.05) is 17.1 Å². The topological polar surface area (TPSA) is 128 Å². The van der Waals surface area contributed by atoms with E-state index in [1.807, 2.05) is 123 Å². The molecule has 0 heterocycles. The second-order valence-corrected chi connectivity index (χ2v) is 7.30. The minimum absolute atomic E-state index is 0.155. The van der Waals surface area contributed by atoms with E-state index in [1.165, 1.54) is 6.07 Å². The molecule has 0 saturated carbocycles. The molecule has 0 aromatic heterocycles. The molecule has 0 bridgehead atoms. The minimum atomic E-state index is -0.988. The van der Waals surface area contributed by atoms with Crippen LogP contribution in [0.15, 0.2) is 84.9 Å². The number of rotatable bonds is 2. The average molecular weight is 514 g/mol. The molecule has 0 aliphatic carbocycles. The van der Waals surface area contributed by atoms with Crippen LogP contribution < -0.4 is 16.8 Å². The summed E-state index contributed by atoms with van der Waals surface area (Å²) in [5.41, 5.74) is 12.3. The molecular weight excluding hydrogens is 466 g/mol. The van der Waals surface area contributed by atoms with Crippen LogP contribution in [0.5, 0.6) is 0 Å². The van der Waals surface area contributed by atoms with Crippen molar-refractivity contribution in [1.82, 2.24) is 0 Å². The Morgan fingerprint density at radius 2 is 1.11 bits per heavy atom. The van der Waals surface area contributed by atoms with Gasteiger partial charge in [-0.2, -0.15) is 0 Å². The summed E-state index contributed by atoms with van der Waals surface area (Å²) in [5, 5.41) is 11.1. The molecule has 37 heavy (non-hydrogen) atoms. The lowest BCUT2D eigenvalue weighted by molar-refractivity contribution is 0.0634. The van der Waals surface area contributed by atoms with Crippen molar-refractivity contribution in [1.29, 1.82) is 0 Å². The number of carboxylic acid groups (broad SMARTS) is 1. The molecule has 3 rings (SSSR count). The van der Waals surface area contributed by atoms with Crippen LogP contribution in [-0.4, -0.2) is 22.8 Å². The molecule has 0 saturated heterocycles. The first-order chi connectivity index (χ1) is 17.6. The molecule has 0 spiro atoms. The van der Waals surface area contributed by atoms with E-state index in [0.717, 1.165) is 11.4 Å². The summed E-state index contributed by atoms with van der Waals surface area (Å²) >= 11 is 0. The average Bonchev–Trinajstić information content (AvgIpc) is 2.88. The van der Waals surface area contributed by atoms with Crippen LogP contribution in [0.3, 0.4) is 0 Å². The van der Waals surface area contributed by atoms with Crippen molar-refractivity contribution in [3.8, 4) is 0 Å². The van der Waals surface area contributed by atoms with Gasteiger partial charge in [-0.05, 0) is 57.2 Å². The predicted molar refractivity (Wildman–Crippen MR) is 159 cm³/mol. The van der Waals surface area contributed by atoms with Gasteiger partial charge in [0.2, 0.25) is 0 Å². The summed E-state index contributed by atoms with van der Waals surface area (Å²) in [6.45, 7) is 17.5.